The number of nitrogens with zero attached hydrogens (tertiary/aromatic N) is 2. The molecule has 2 aromatic rings. The fourth-order valence-electron chi connectivity index (χ4n) is 3.60. The van der Waals surface area contributed by atoms with Gasteiger partial charge in [-0.2, -0.15) is 0 Å². The van der Waals surface area contributed by atoms with Crippen LogP contribution in [0.25, 0.3) is 10.9 Å². The number of amides is 1. The van der Waals surface area contributed by atoms with E-state index in [1.165, 1.54) is 35.0 Å². The average Bonchev–Trinajstić information content (AvgIpc) is 3.31. The van der Waals surface area contributed by atoms with Gasteiger partial charge >= 0.3 is 0 Å². The zero-order valence-electron chi connectivity index (χ0n) is 13.0. The lowest BCUT2D eigenvalue weighted by Crippen LogP contribution is -2.38. The van der Waals surface area contributed by atoms with Gasteiger partial charge < -0.3 is 14.2 Å². The number of carbonyl (C=O) groups is 1. The maximum absolute atomic E-state index is 12.1. The molecule has 0 N–H and O–H groups in total. The Bertz CT molecular complexity index is 715. The minimum atomic E-state index is 0.0900. The summed E-state index contributed by atoms with van der Waals surface area (Å²) in [6.45, 7) is 2.84. The Morgan fingerprint density at radius 2 is 2.14 bits per heavy atom. The highest BCUT2D eigenvalue weighted by Crippen LogP contribution is 2.36. The van der Waals surface area contributed by atoms with E-state index in [2.05, 4.69) is 28.8 Å². The Labute approximate surface area is 130 Å². The molecule has 4 nitrogen and oxygen atoms in total. The first kappa shape index (κ1) is 13.8. The molecular formula is C18H22N2O2. The fraction of sp³-hybridized carbons (Fsp3) is 0.500. The summed E-state index contributed by atoms with van der Waals surface area (Å²) in [7, 11) is 1.58. The van der Waals surface area contributed by atoms with Crippen LogP contribution in [0.5, 0.6) is 0 Å². The van der Waals surface area contributed by atoms with E-state index in [0.29, 0.717) is 0 Å². The van der Waals surface area contributed by atoms with Crippen molar-refractivity contribution in [1.82, 2.24) is 9.47 Å². The smallest absolute Gasteiger partial charge is 0.248 e. The molecule has 1 fully saturated rings. The largest absolute Gasteiger partial charge is 0.375 e. The van der Waals surface area contributed by atoms with Crippen molar-refractivity contribution in [2.24, 2.45) is 5.92 Å². The van der Waals surface area contributed by atoms with Crippen molar-refractivity contribution in [1.29, 1.82) is 0 Å². The normalized spacial score (nSPS) is 17.8. The Hall–Kier alpha value is -1.81. The van der Waals surface area contributed by atoms with Crippen LogP contribution < -0.4 is 0 Å². The van der Waals surface area contributed by atoms with Gasteiger partial charge in [-0.1, -0.05) is 18.2 Å². The van der Waals surface area contributed by atoms with E-state index in [-0.39, 0.29) is 12.5 Å². The summed E-state index contributed by atoms with van der Waals surface area (Å²) in [5.74, 6) is 0.945. The van der Waals surface area contributed by atoms with Crippen molar-refractivity contribution >= 4 is 16.8 Å². The zero-order valence-corrected chi connectivity index (χ0v) is 13.0. The number of benzene rings is 1. The van der Waals surface area contributed by atoms with Crippen LogP contribution in [-0.4, -0.2) is 35.6 Å². The highest BCUT2D eigenvalue weighted by Gasteiger charge is 2.29. The van der Waals surface area contributed by atoms with Crippen molar-refractivity contribution in [3.63, 3.8) is 0 Å². The van der Waals surface area contributed by atoms with Crippen LogP contribution >= 0.6 is 0 Å². The van der Waals surface area contributed by atoms with Gasteiger partial charge in [-0.05, 0) is 24.8 Å². The fourth-order valence-corrected chi connectivity index (χ4v) is 3.60. The van der Waals surface area contributed by atoms with Crippen LogP contribution in [-0.2, 0) is 29.0 Å². The number of para-hydroxylation sites is 1. The molecule has 1 saturated carbocycles. The molecule has 1 aliphatic heterocycles. The van der Waals surface area contributed by atoms with Gasteiger partial charge in [-0.3, -0.25) is 4.79 Å². The average molecular weight is 298 g/mol. The number of methoxy groups -OCH3 is 1. The molecule has 0 bridgehead atoms. The van der Waals surface area contributed by atoms with Crippen molar-refractivity contribution < 1.29 is 9.53 Å². The second kappa shape index (κ2) is 5.43. The van der Waals surface area contributed by atoms with Gasteiger partial charge in [0.1, 0.15) is 6.61 Å². The molecule has 0 saturated heterocycles. The maximum atomic E-state index is 12.1. The van der Waals surface area contributed by atoms with Gasteiger partial charge in [0.25, 0.3) is 0 Å². The Balaban J connectivity index is 1.73. The molecule has 1 aliphatic carbocycles. The molecule has 22 heavy (non-hydrogen) atoms. The highest BCUT2D eigenvalue weighted by molar-refractivity contribution is 5.87. The number of ether oxygens (including phenoxy) is 1. The van der Waals surface area contributed by atoms with Gasteiger partial charge in [0.05, 0.1) is 0 Å². The third kappa shape index (κ3) is 2.31. The molecule has 1 amide bonds. The Kier molecular flexibility index (Phi) is 3.41. The zero-order chi connectivity index (χ0) is 15.1. The Morgan fingerprint density at radius 1 is 1.32 bits per heavy atom. The van der Waals surface area contributed by atoms with Crippen molar-refractivity contribution in [2.45, 2.75) is 32.4 Å². The van der Waals surface area contributed by atoms with E-state index < -0.39 is 0 Å². The predicted molar refractivity (Wildman–Crippen MR) is 85.7 cm³/mol. The van der Waals surface area contributed by atoms with Crippen LogP contribution in [0.15, 0.2) is 24.3 Å². The summed E-state index contributed by atoms with van der Waals surface area (Å²) in [5, 5.41) is 1.31. The molecule has 1 aromatic carbocycles. The van der Waals surface area contributed by atoms with E-state index in [1.54, 1.807) is 7.11 Å². The molecule has 0 atom stereocenters. The van der Waals surface area contributed by atoms with E-state index in [4.69, 9.17) is 4.74 Å². The molecule has 2 heterocycles. The third-order valence-electron chi connectivity index (χ3n) is 4.92. The van der Waals surface area contributed by atoms with E-state index >= 15 is 0 Å². The van der Waals surface area contributed by atoms with Crippen LogP contribution in [0, 0.1) is 5.92 Å². The first-order valence-electron chi connectivity index (χ1n) is 8.13. The minimum absolute atomic E-state index is 0.0900. The van der Waals surface area contributed by atoms with Crippen molar-refractivity contribution in [3.05, 3.63) is 35.5 Å². The van der Waals surface area contributed by atoms with Crippen molar-refractivity contribution in [2.75, 3.05) is 20.3 Å². The number of hydrogen-bond acceptors (Lipinski definition) is 2. The maximum Gasteiger partial charge on any atom is 0.248 e. The molecule has 0 unspecified atom stereocenters. The summed E-state index contributed by atoms with van der Waals surface area (Å²) in [5.41, 5.74) is 4.11. The molecule has 116 valence electrons. The number of aromatic nitrogens is 1. The molecule has 4 rings (SSSR count). The van der Waals surface area contributed by atoms with Crippen LogP contribution in [0.4, 0.5) is 0 Å². The molecule has 0 radical (unpaired) electrons. The lowest BCUT2D eigenvalue weighted by atomic mass is 10.0. The summed E-state index contributed by atoms with van der Waals surface area (Å²) in [4.78, 5) is 14.1. The molecule has 4 heteroatoms. The predicted octanol–water partition coefficient (Wildman–Crippen LogP) is 2.58. The third-order valence-corrected chi connectivity index (χ3v) is 4.92. The van der Waals surface area contributed by atoms with Gasteiger partial charge in [-0.15, -0.1) is 0 Å². The van der Waals surface area contributed by atoms with E-state index in [0.717, 1.165) is 32.0 Å². The number of rotatable bonds is 4. The van der Waals surface area contributed by atoms with Gasteiger partial charge in [0, 0.05) is 55.3 Å². The summed E-state index contributed by atoms with van der Waals surface area (Å²) in [6, 6.07) is 8.63. The van der Waals surface area contributed by atoms with Crippen LogP contribution in [0.1, 0.15) is 24.1 Å². The molecule has 0 spiro atoms. The second-order valence-corrected chi connectivity index (χ2v) is 6.49. The van der Waals surface area contributed by atoms with Crippen LogP contribution in [0.3, 0.4) is 0 Å². The van der Waals surface area contributed by atoms with Crippen molar-refractivity contribution in [3.8, 4) is 0 Å². The lowest BCUT2D eigenvalue weighted by Gasteiger charge is -2.28. The number of hydrogen-bond donors (Lipinski definition) is 0. The van der Waals surface area contributed by atoms with Gasteiger partial charge in [-0.25, -0.2) is 0 Å². The minimum Gasteiger partial charge on any atom is -0.375 e. The standard InChI is InChI=1S/C18H22N2O2/c1-22-12-18(21)19-9-8-17-15(11-19)14-4-2-3-5-16(14)20(17)10-13-6-7-13/h2-5,13H,6-12H2,1H3. The lowest BCUT2D eigenvalue weighted by molar-refractivity contribution is -0.136. The highest BCUT2D eigenvalue weighted by atomic mass is 16.5. The quantitative estimate of drug-likeness (QED) is 0.869. The van der Waals surface area contributed by atoms with Gasteiger partial charge in [0.15, 0.2) is 0 Å². The first-order valence-corrected chi connectivity index (χ1v) is 8.13. The van der Waals surface area contributed by atoms with E-state index in [1.807, 2.05) is 4.90 Å². The van der Waals surface area contributed by atoms with E-state index in [9.17, 15) is 4.79 Å². The number of carbonyl (C=O) groups excluding carboxylic acids is 1. The first-order chi connectivity index (χ1) is 10.8. The molecule has 1 aromatic heterocycles. The summed E-state index contributed by atoms with van der Waals surface area (Å²) < 4.78 is 7.52. The Morgan fingerprint density at radius 3 is 2.91 bits per heavy atom. The molecular weight excluding hydrogens is 276 g/mol. The monoisotopic (exact) mass is 298 g/mol. The molecule has 2 aliphatic rings. The topological polar surface area (TPSA) is 34.5 Å². The summed E-state index contributed by atoms with van der Waals surface area (Å²) in [6.07, 6.45) is 3.67. The SMILES string of the molecule is COCC(=O)N1CCc2c(c3ccccc3n2CC2CC2)C1. The van der Waals surface area contributed by atoms with Gasteiger partial charge in [0.2, 0.25) is 5.91 Å². The second-order valence-electron chi connectivity index (χ2n) is 6.49. The summed E-state index contributed by atoms with van der Waals surface area (Å²) >= 11 is 0. The number of fused-ring (bicyclic) bond motifs is 3. The van der Waals surface area contributed by atoms with Crippen LogP contribution in [0.2, 0.25) is 0 Å².